The molecule has 0 spiro atoms. The zero-order valence-electron chi connectivity index (χ0n) is 11.5. The number of hydrogen-bond donors (Lipinski definition) is 2. The molecule has 0 amide bonds. The Labute approximate surface area is 109 Å². The minimum absolute atomic E-state index is 0.791. The lowest BCUT2D eigenvalue weighted by atomic mass is 10.4. The fourth-order valence-corrected chi connectivity index (χ4v) is 2.15. The molecule has 0 unspecified atom stereocenters. The second-order valence-corrected chi connectivity index (χ2v) is 4.72. The molecule has 18 heavy (non-hydrogen) atoms. The predicted octanol–water partition coefficient (Wildman–Crippen LogP) is 1.72. The average Bonchev–Trinajstić information content (AvgIpc) is 3.18. The van der Waals surface area contributed by atoms with E-state index in [1.165, 1.54) is 12.8 Å². The fourth-order valence-electron chi connectivity index (χ4n) is 2.15. The van der Waals surface area contributed by atoms with Crippen LogP contribution in [0, 0.1) is 6.92 Å². The molecule has 0 atom stereocenters. The number of aromatic nitrogens is 2. The topological polar surface area (TPSA) is 53.1 Å². The minimum Gasteiger partial charge on any atom is -0.373 e. The first-order chi connectivity index (χ1) is 8.72. The molecule has 5 heteroatoms. The summed E-state index contributed by atoms with van der Waals surface area (Å²) in [4.78, 5) is 11.2. The molecule has 2 rings (SSSR count). The SMILES string of the molecule is CCN(CCNc1cc(NC)nc(C)n1)C1CC1. The maximum atomic E-state index is 4.38. The fraction of sp³-hybridized carbons (Fsp3) is 0.692. The summed E-state index contributed by atoms with van der Waals surface area (Å²) in [5.41, 5.74) is 0. The molecule has 100 valence electrons. The number of rotatable bonds is 7. The second-order valence-electron chi connectivity index (χ2n) is 4.72. The van der Waals surface area contributed by atoms with Crippen molar-refractivity contribution in [3.8, 4) is 0 Å². The number of nitrogens with zero attached hydrogens (tertiary/aromatic N) is 3. The summed E-state index contributed by atoms with van der Waals surface area (Å²) in [6.07, 6.45) is 2.73. The third-order valence-electron chi connectivity index (χ3n) is 3.27. The van der Waals surface area contributed by atoms with Gasteiger partial charge in [0.1, 0.15) is 17.5 Å². The van der Waals surface area contributed by atoms with Crippen molar-refractivity contribution < 1.29 is 0 Å². The number of nitrogens with one attached hydrogen (secondary N) is 2. The molecule has 1 aromatic rings. The van der Waals surface area contributed by atoms with E-state index in [1.54, 1.807) is 0 Å². The molecule has 0 bridgehead atoms. The van der Waals surface area contributed by atoms with E-state index >= 15 is 0 Å². The lowest BCUT2D eigenvalue weighted by Crippen LogP contribution is -2.31. The first kappa shape index (κ1) is 13.1. The quantitative estimate of drug-likeness (QED) is 0.770. The van der Waals surface area contributed by atoms with Gasteiger partial charge in [-0.1, -0.05) is 6.92 Å². The maximum absolute atomic E-state index is 4.38. The molecule has 2 N–H and O–H groups in total. The Morgan fingerprint density at radius 3 is 2.67 bits per heavy atom. The summed E-state index contributed by atoms with van der Waals surface area (Å²) in [7, 11) is 1.87. The first-order valence-corrected chi connectivity index (χ1v) is 6.74. The van der Waals surface area contributed by atoms with Crippen LogP contribution >= 0.6 is 0 Å². The van der Waals surface area contributed by atoms with Gasteiger partial charge in [0.2, 0.25) is 0 Å². The lowest BCUT2D eigenvalue weighted by Gasteiger charge is -2.20. The van der Waals surface area contributed by atoms with E-state index in [0.29, 0.717) is 0 Å². The van der Waals surface area contributed by atoms with Gasteiger partial charge in [0.15, 0.2) is 0 Å². The second kappa shape index (κ2) is 6.00. The molecule has 5 nitrogen and oxygen atoms in total. The standard InChI is InChI=1S/C13H23N5/c1-4-18(11-5-6-11)8-7-15-13-9-12(14-3)16-10(2)17-13/h9,11H,4-8H2,1-3H3,(H2,14,15,16,17). The molecule has 0 radical (unpaired) electrons. The summed E-state index contributed by atoms with van der Waals surface area (Å²) in [5.74, 6) is 2.55. The van der Waals surface area contributed by atoms with Crippen LogP contribution in [0.25, 0.3) is 0 Å². The van der Waals surface area contributed by atoms with Crippen molar-refractivity contribution in [1.29, 1.82) is 0 Å². The van der Waals surface area contributed by atoms with Crippen molar-refractivity contribution >= 4 is 11.6 Å². The van der Waals surface area contributed by atoms with Gasteiger partial charge in [0, 0.05) is 32.2 Å². The van der Waals surface area contributed by atoms with Crippen molar-refractivity contribution in [1.82, 2.24) is 14.9 Å². The van der Waals surface area contributed by atoms with E-state index in [9.17, 15) is 0 Å². The lowest BCUT2D eigenvalue weighted by molar-refractivity contribution is 0.289. The van der Waals surface area contributed by atoms with Crippen LogP contribution in [0.5, 0.6) is 0 Å². The molecule has 1 aliphatic rings. The zero-order valence-corrected chi connectivity index (χ0v) is 11.5. The Balaban J connectivity index is 1.83. The number of likely N-dealkylation sites (N-methyl/N-ethyl adjacent to an activating group) is 1. The van der Waals surface area contributed by atoms with Crippen LogP contribution in [0.1, 0.15) is 25.6 Å². The Bertz CT molecular complexity index is 389. The normalized spacial score (nSPS) is 14.9. The van der Waals surface area contributed by atoms with Crippen LogP contribution in [0.15, 0.2) is 6.07 Å². The van der Waals surface area contributed by atoms with Crippen molar-refractivity contribution in [3.63, 3.8) is 0 Å². The summed E-state index contributed by atoms with van der Waals surface area (Å²) >= 11 is 0. The summed E-state index contributed by atoms with van der Waals surface area (Å²) in [5, 5.41) is 6.42. The molecule has 0 aromatic carbocycles. The van der Waals surface area contributed by atoms with Gasteiger partial charge in [-0.05, 0) is 26.3 Å². The van der Waals surface area contributed by atoms with Gasteiger partial charge in [0.25, 0.3) is 0 Å². The Morgan fingerprint density at radius 2 is 2.06 bits per heavy atom. The van der Waals surface area contributed by atoms with Gasteiger partial charge in [-0.2, -0.15) is 0 Å². The Kier molecular flexibility index (Phi) is 4.36. The Morgan fingerprint density at radius 1 is 1.33 bits per heavy atom. The maximum Gasteiger partial charge on any atom is 0.131 e. The molecular weight excluding hydrogens is 226 g/mol. The monoisotopic (exact) mass is 249 g/mol. The predicted molar refractivity (Wildman–Crippen MR) is 75.1 cm³/mol. The largest absolute Gasteiger partial charge is 0.373 e. The molecular formula is C13H23N5. The van der Waals surface area contributed by atoms with E-state index in [0.717, 1.165) is 43.1 Å². The van der Waals surface area contributed by atoms with E-state index in [2.05, 4.69) is 32.4 Å². The van der Waals surface area contributed by atoms with E-state index in [1.807, 2.05) is 20.0 Å². The summed E-state index contributed by atoms with van der Waals surface area (Å²) < 4.78 is 0. The van der Waals surface area contributed by atoms with Crippen molar-refractivity contribution in [2.75, 3.05) is 37.3 Å². The van der Waals surface area contributed by atoms with Gasteiger partial charge in [-0.25, -0.2) is 9.97 Å². The van der Waals surface area contributed by atoms with Crippen molar-refractivity contribution in [2.45, 2.75) is 32.7 Å². The molecule has 1 heterocycles. The average molecular weight is 249 g/mol. The Hall–Kier alpha value is -1.36. The highest BCUT2D eigenvalue weighted by atomic mass is 15.2. The summed E-state index contributed by atoms with van der Waals surface area (Å²) in [6, 6.07) is 2.78. The third kappa shape index (κ3) is 3.57. The van der Waals surface area contributed by atoms with Crippen LogP contribution < -0.4 is 10.6 Å². The number of aryl methyl sites for hydroxylation is 1. The number of hydrogen-bond acceptors (Lipinski definition) is 5. The molecule has 1 aliphatic carbocycles. The highest BCUT2D eigenvalue weighted by Crippen LogP contribution is 2.25. The van der Waals surface area contributed by atoms with Crippen LogP contribution in [-0.4, -0.2) is 47.6 Å². The highest BCUT2D eigenvalue weighted by molar-refractivity contribution is 5.47. The van der Waals surface area contributed by atoms with Gasteiger partial charge < -0.3 is 10.6 Å². The van der Waals surface area contributed by atoms with E-state index < -0.39 is 0 Å². The third-order valence-corrected chi connectivity index (χ3v) is 3.27. The van der Waals surface area contributed by atoms with Crippen LogP contribution in [-0.2, 0) is 0 Å². The van der Waals surface area contributed by atoms with Crippen molar-refractivity contribution in [3.05, 3.63) is 11.9 Å². The smallest absolute Gasteiger partial charge is 0.131 e. The van der Waals surface area contributed by atoms with E-state index in [4.69, 9.17) is 0 Å². The molecule has 0 saturated heterocycles. The van der Waals surface area contributed by atoms with Crippen LogP contribution in [0.3, 0.4) is 0 Å². The molecule has 1 aromatic heterocycles. The zero-order chi connectivity index (χ0) is 13.0. The van der Waals surface area contributed by atoms with Crippen molar-refractivity contribution in [2.24, 2.45) is 0 Å². The van der Waals surface area contributed by atoms with Gasteiger partial charge in [0.05, 0.1) is 0 Å². The molecule has 0 aliphatic heterocycles. The van der Waals surface area contributed by atoms with E-state index in [-0.39, 0.29) is 0 Å². The van der Waals surface area contributed by atoms with Gasteiger partial charge in [-0.3, -0.25) is 4.90 Å². The van der Waals surface area contributed by atoms with Gasteiger partial charge >= 0.3 is 0 Å². The van der Waals surface area contributed by atoms with Crippen LogP contribution in [0.2, 0.25) is 0 Å². The first-order valence-electron chi connectivity index (χ1n) is 6.74. The highest BCUT2D eigenvalue weighted by Gasteiger charge is 2.27. The van der Waals surface area contributed by atoms with Crippen LogP contribution in [0.4, 0.5) is 11.6 Å². The summed E-state index contributed by atoms with van der Waals surface area (Å²) in [6.45, 7) is 7.29. The molecule has 1 saturated carbocycles. The minimum atomic E-state index is 0.791. The number of anilines is 2. The van der Waals surface area contributed by atoms with Gasteiger partial charge in [-0.15, -0.1) is 0 Å². The molecule has 1 fully saturated rings.